The van der Waals surface area contributed by atoms with Gasteiger partial charge in [-0.2, -0.15) is 4.98 Å². The molecule has 3 atom stereocenters. The Balaban J connectivity index is 1.65. The number of hydrogen-bond acceptors (Lipinski definition) is 5. The number of nitrogens with zero attached hydrogens (tertiary/aromatic N) is 2. The Bertz CT molecular complexity index is 1080. The summed E-state index contributed by atoms with van der Waals surface area (Å²) >= 11 is 0. The number of amides is 2. The summed E-state index contributed by atoms with van der Waals surface area (Å²) in [7, 11) is 0. The van der Waals surface area contributed by atoms with Gasteiger partial charge in [-0.25, -0.2) is 0 Å². The van der Waals surface area contributed by atoms with Crippen molar-refractivity contribution in [1.29, 1.82) is 0 Å². The van der Waals surface area contributed by atoms with E-state index in [1.165, 1.54) is 0 Å². The summed E-state index contributed by atoms with van der Waals surface area (Å²) in [5.74, 6) is -0.0126. The second-order valence-corrected chi connectivity index (χ2v) is 9.12. The predicted octanol–water partition coefficient (Wildman–Crippen LogP) is 2.93. The monoisotopic (exact) mass is 423 g/mol. The van der Waals surface area contributed by atoms with Gasteiger partial charge in [0.15, 0.2) is 0 Å². The minimum Gasteiger partial charge on any atom is -0.342 e. The van der Waals surface area contributed by atoms with Crippen LogP contribution in [-0.4, -0.2) is 34.9 Å². The third-order valence-corrected chi connectivity index (χ3v) is 6.06. The van der Waals surface area contributed by atoms with Crippen molar-refractivity contribution in [1.82, 2.24) is 9.97 Å². The number of carbonyl (C=O) groups is 2. The van der Waals surface area contributed by atoms with E-state index < -0.39 is 5.92 Å². The second kappa shape index (κ2) is 8.17. The number of H-pyrrole nitrogens is 1. The lowest BCUT2D eigenvalue weighted by Gasteiger charge is -2.35. The zero-order valence-electron chi connectivity index (χ0n) is 18.4. The predicted molar refractivity (Wildman–Crippen MR) is 121 cm³/mol. The molecule has 8 nitrogen and oxygen atoms in total. The molecule has 1 fully saturated rings. The zero-order valence-corrected chi connectivity index (χ0v) is 18.4. The molecule has 3 N–H and O–H groups in total. The van der Waals surface area contributed by atoms with Crippen LogP contribution in [-0.2, 0) is 9.59 Å². The van der Waals surface area contributed by atoms with Crippen LogP contribution >= 0.6 is 0 Å². The van der Waals surface area contributed by atoms with E-state index >= 15 is 0 Å². The molecule has 0 aliphatic carbocycles. The van der Waals surface area contributed by atoms with Gasteiger partial charge in [0.25, 0.3) is 5.56 Å². The van der Waals surface area contributed by atoms with Crippen LogP contribution in [0.2, 0.25) is 0 Å². The van der Waals surface area contributed by atoms with E-state index in [-0.39, 0.29) is 35.2 Å². The number of fused-ring (bicyclic) bond motifs is 1. The van der Waals surface area contributed by atoms with E-state index in [9.17, 15) is 14.4 Å². The van der Waals surface area contributed by atoms with Gasteiger partial charge in [-0.3, -0.25) is 19.4 Å². The van der Waals surface area contributed by atoms with Gasteiger partial charge in [-0.05, 0) is 43.7 Å². The Morgan fingerprint density at radius 2 is 1.87 bits per heavy atom. The highest BCUT2D eigenvalue weighted by molar-refractivity contribution is 6.04. The first-order valence-electron chi connectivity index (χ1n) is 10.8. The van der Waals surface area contributed by atoms with Gasteiger partial charge in [0, 0.05) is 25.2 Å². The van der Waals surface area contributed by atoms with Gasteiger partial charge in [0.1, 0.15) is 5.82 Å². The van der Waals surface area contributed by atoms with Gasteiger partial charge in [-0.15, -0.1) is 0 Å². The highest BCUT2D eigenvalue weighted by Crippen LogP contribution is 2.32. The average molecular weight is 424 g/mol. The number of aromatic nitrogens is 2. The lowest BCUT2D eigenvalue weighted by atomic mass is 9.91. The van der Waals surface area contributed by atoms with Crippen molar-refractivity contribution < 1.29 is 9.59 Å². The summed E-state index contributed by atoms with van der Waals surface area (Å²) in [6, 6.07) is 5.71. The first-order chi connectivity index (χ1) is 14.7. The molecule has 3 heterocycles. The Labute approximate surface area is 181 Å². The molecule has 1 aromatic carbocycles. The summed E-state index contributed by atoms with van der Waals surface area (Å²) in [4.78, 5) is 47.9. The number of carbonyl (C=O) groups excluding carboxylic acids is 2. The Hall–Kier alpha value is -3.16. The molecule has 164 valence electrons. The second-order valence-electron chi connectivity index (χ2n) is 9.12. The molecule has 0 saturated carbocycles. The SMILES string of the molecule is Cc1ccc(NC(=O)[C@@H]2CC(=O)Nc3nc(N4C[C@H](C)C[C@H](C)C4)[nH]c(=O)c32)c(C)c1. The highest BCUT2D eigenvalue weighted by Gasteiger charge is 2.35. The summed E-state index contributed by atoms with van der Waals surface area (Å²) < 4.78 is 0. The number of nitrogens with one attached hydrogen (secondary N) is 3. The van der Waals surface area contributed by atoms with Crippen molar-refractivity contribution in [2.45, 2.75) is 46.5 Å². The van der Waals surface area contributed by atoms with Gasteiger partial charge >= 0.3 is 0 Å². The summed E-state index contributed by atoms with van der Waals surface area (Å²) in [5.41, 5.74) is 2.51. The fraction of sp³-hybridized carbons (Fsp3) is 0.478. The quantitative estimate of drug-likeness (QED) is 0.704. The Morgan fingerprint density at radius 3 is 2.55 bits per heavy atom. The van der Waals surface area contributed by atoms with Gasteiger partial charge < -0.3 is 15.5 Å². The maximum absolute atomic E-state index is 13.1. The largest absolute Gasteiger partial charge is 0.342 e. The fourth-order valence-electron chi connectivity index (χ4n) is 4.74. The van der Waals surface area contributed by atoms with Gasteiger partial charge in [-0.1, -0.05) is 31.5 Å². The number of aryl methyl sites for hydroxylation is 2. The molecule has 2 aliphatic heterocycles. The van der Waals surface area contributed by atoms with Crippen LogP contribution in [0.3, 0.4) is 0 Å². The minimum atomic E-state index is -0.894. The van der Waals surface area contributed by atoms with Crippen molar-refractivity contribution in [2.75, 3.05) is 28.6 Å². The molecular weight excluding hydrogens is 394 g/mol. The normalized spacial score (nSPS) is 23.2. The van der Waals surface area contributed by atoms with Crippen molar-refractivity contribution in [3.05, 3.63) is 45.2 Å². The number of benzene rings is 1. The first-order valence-corrected chi connectivity index (χ1v) is 10.8. The third kappa shape index (κ3) is 4.33. The van der Waals surface area contributed by atoms with E-state index in [1.807, 2.05) is 36.9 Å². The van der Waals surface area contributed by atoms with Gasteiger partial charge in [0.2, 0.25) is 17.8 Å². The van der Waals surface area contributed by atoms with Crippen molar-refractivity contribution in [3.63, 3.8) is 0 Å². The highest BCUT2D eigenvalue weighted by atomic mass is 16.2. The smallest absolute Gasteiger partial charge is 0.258 e. The zero-order chi connectivity index (χ0) is 22.3. The lowest BCUT2D eigenvalue weighted by Crippen LogP contribution is -2.42. The third-order valence-electron chi connectivity index (χ3n) is 6.06. The molecule has 0 spiro atoms. The molecule has 0 unspecified atom stereocenters. The maximum Gasteiger partial charge on any atom is 0.258 e. The molecule has 8 heteroatoms. The van der Waals surface area contributed by atoms with Crippen LogP contribution in [0, 0.1) is 25.7 Å². The number of hydrogen-bond donors (Lipinski definition) is 3. The molecule has 1 aromatic heterocycles. The van der Waals surface area contributed by atoms with E-state index in [4.69, 9.17) is 0 Å². The van der Waals surface area contributed by atoms with E-state index in [2.05, 4.69) is 34.4 Å². The molecule has 4 rings (SSSR count). The van der Waals surface area contributed by atoms with E-state index in [0.717, 1.165) is 30.6 Å². The Morgan fingerprint density at radius 1 is 1.16 bits per heavy atom. The van der Waals surface area contributed by atoms with Crippen LogP contribution in [0.5, 0.6) is 0 Å². The molecule has 31 heavy (non-hydrogen) atoms. The molecule has 0 bridgehead atoms. The summed E-state index contributed by atoms with van der Waals surface area (Å²) in [6.45, 7) is 9.81. The number of rotatable bonds is 3. The van der Waals surface area contributed by atoms with Crippen molar-refractivity contribution in [3.8, 4) is 0 Å². The standard InChI is InChI=1S/C23H29N5O3/c1-12-5-6-17(15(4)8-12)24-21(30)16-9-18(29)25-20-19(16)22(31)27-23(26-20)28-10-13(2)7-14(3)11-28/h5-6,8,13-14,16H,7,9-11H2,1-4H3,(H,24,30)(H2,25,26,27,29,31)/t13-,14+,16-/m1/s1. The molecular formula is C23H29N5O3. The molecule has 2 aromatic rings. The molecule has 0 radical (unpaired) electrons. The average Bonchev–Trinajstić information content (AvgIpc) is 2.68. The first kappa shape index (κ1) is 21.1. The van der Waals surface area contributed by atoms with Crippen LogP contribution in [0.25, 0.3) is 0 Å². The fourth-order valence-corrected chi connectivity index (χ4v) is 4.74. The number of aromatic amines is 1. The number of piperidine rings is 1. The summed E-state index contributed by atoms with van der Waals surface area (Å²) in [5, 5.41) is 5.57. The van der Waals surface area contributed by atoms with Gasteiger partial charge in [0.05, 0.1) is 11.5 Å². The number of anilines is 3. The molecule has 2 aliphatic rings. The maximum atomic E-state index is 13.1. The molecule has 1 saturated heterocycles. The summed E-state index contributed by atoms with van der Waals surface area (Å²) in [6.07, 6.45) is 1.04. The van der Waals surface area contributed by atoms with E-state index in [1.54, 1.807) is 0 Å². The van der Waals surface area contributed by atoms with Crippen LogP contribution in [0.4, 0.5) is 17.5 Å². The molecule has 2 amide bonds. The Kier molecular flexibility index (Phi) is 5.56. The van der Waals surface area contributed by atoms with Crippen molar-refractivity contribution >= 4 is 29.3 Å². The topological polar surface area (TPSA) is 107 Å². The minimum absolute atomic E-state index is 0.0916. The van der Waals surface area contributed by atoms with Crippen molar-refractivity contribution in [2.24, 2.45) is 11.8 Å². The van der Waals surface area contributed by atoms with Crippen LogP contribution in [0.15, 0.2) is 23.0 Å². The lowest BCUT2D eigenvalue weighted by molar-refractivity contribution is -0.123. The van der Waals surface area contributed by atoms with Crippen LogP contribution in [0.1, 0.15) is 49.3 Å². The van der Waals surface area contributed by atoms with Crippen LogP contribution < -0.4 is 21.1 Å². The van der Waals surface area contributed by atoms with E-state index in [0.29, 0.717) is 23.5 Å².